The van der Waals surface area contributed by atoms with Crippen molar-refractivity contribution in [2.75, 3.05) is 20.2 Å². The number of rotatable bonds is 5. The Morgan fingerprint density at radius 1 is 1.08 bits per heavy atom. The predicted molar refractivity (Wildman–Crippen MR) is 95.4 cm³/mol. The fourth-order valence-corrected chi connectivity index (χ4v) is 3.35. The molecule has 0 aliphatic carbocycles. The van der Waals surface area contributed by atoms with Gasteiger partial charge in [-0.25, -0.2) is 0 Å². The monoisotopic (exact) mass is 335 g/mol. The summed E-state index contributed by atoms with van der Waals surface area (Å²) in [6.45, 7) is 2.82. The van der Waals surface area contributed by atoms with Crippen molar-refractivity contribution in [1.29, 1.82) is 0 Å². The molecule has 1 unspecified atom stereocenters. The van der Waals surface area contributed by atoms with E-state index in [0.29, 0.717) is 11.8 Å². The second kappa shape index (κ2) is 7.07. The smallest absolute Gasteiger partial charge is 0.247 e. The number of methoxy groups -OCH3 is 1. The summed E-state index contributed by atoms with van der Waals surface area (Å²) in [5, 5.41) is 8.49. The summed E-state index contributed by atoms with van der Waals surface area (Å²) < 4.78 is 11.4. The van der Waals surface area contributed by atoms with Crippen LogP contribution in [0.4, 0.5) is 0 Å². The van der Waals surface area contributed by atoms with Crippen LogP contribution in [-0.2, 0) is 6.54 Å². The van der Waals surface area contributed by atoms with Crippen molar-refractivity contribution >= 4 is 0 Å². The fraction of sp³-hybridized carbons (Fsp3) is 0.300. The molecule has 1 saturated heterocycles. The van der Waals surface area contributed by atoms with Crippen molar-refractivity contribution in [2.45, 2.75) is 18.9 Å². The van der Waals surface area contributed by atoms with Gasteiger partial charge in [0.15, 0.2) is 0 Å². The minimum absolute atomic E-state index is 0.291. The molecule has 1 atom stereocenters. The van der Waals surface area contributed by atoms with Gasteiger partial charge in [0.2, 0.25) is 11.8 Å². The standard InChI is InChI=1S/C20H21N3O2/c1-24-18-10-6-5-9-16(18)13-23-12-11-17(14-23)20-22-21-19(25-20)15-7-3-2-4-8-15/h2-10,17H,11-14H2,1H3. The van der Waals surface area contributed by atoms with Gasteiger partial charge in [-0.1, -0.05) is 36.4 Å². The van der Waals surface area contributed by atoms with Crippen molar-refractivity contribution in [3.05, 3.63) is 66.1 Å². The molecule has 0 radical (unpaired) electrons. The van der Waals surface area contributed by atoms with E-state index in [2.05, 4.69) is 27.2 Å². The highest BCUT2D eigenvalue weighted by Gasteiger charge is 2.28. The third kappa shape index (κ3) is 3.42. The molecule has 128 valence electrons. The van der Waals surface area contributed by atoms with Crippen LogP contribution in [0, 0.1) is 0 Å². The molecule has 4 rings (SSSR count). The van der Waals surface area contributed by atoms with Crippen molar-refractivity contribution in [1.82, 2.24) is 15.1 Å². The molecule has 1 aromatic heterocycles. The quantitative estimate of drug-likeness (QED) is 0.711. The molecule has 25 heavy (non-hydrogen) atoms. The Morgan fingerprint density at radius 2 is 1.88 bits per heavy atom. The van der Waals surface area contributed by atoms with Crippen LogP contribution < -0.4 is 4.74 Å². The second-order valence-corrected chi connectivity index (χ2v) is 6.34. The zero-order valence-electron chi connectivity index (χ0n) is 14.3. The second-order valence-electron chi connectivity index (χ2n) is 6.34. The highest BCUT2D eigenvalue weighted by atomic mass is 16.5. The Bertz CT molecular complexity index is 832. The first kappa shape index (κ1) is 15.8. The van der Waals surface area contributed by atoms with Crippen LogP contribution in [0.1, 0.15) is 23.8 Å². The maximum atomic E-state index is 5.92. The van der Waals surface area contributed by atoms with Crippen LogP contribution in [0.3, 0.4) is 0 Å². The molecule has 0 bridgehead atoms. The van der Waals surface area contributed by atoms with Crippen molar-refractivity contribution in [3.63, 3.8) is 0 Å². The van der Waals surface area contributed by atoms with Crippen LogP contribution in [0.5, 0.6) is 5.75 Å². The molecule has 0 amide bonds. The fourth-order valence-electron chi connectivity index (χ4n) is 3.35. The summed E-state index contributed by atoms with van der Waals surface area (Å²) in [6.07, 6.45) is 1.03. The van der Waals surface area contributed by atoms with Gasteiger partial charge in [-0.2, -0.15) is 0 Å². The molecule has 5 nitrogen and oxygen atoms in total. The summed E-state index contributed by atoms with van der Waals surface area (Å²) >= 11 is 0. The third-order valence-corrected chi connectivity index (χ3v) is 4.67. The number of hydrogen-bond acceptors (Lipinski definition) is 5. The molecule has 1 aliphatic heterocycles. The van der Waals surface area contributed by atoms with Crippen molar-refractivity contribution < 1.29 is 9.15 Å². The third-order valence-electron chi connectivity index (χ3n) is 4.67. The van der Waals surface area contributed by atoms with Gasteiger partial charge in [-0.15, -0.1) is 10.2 Å². The van der Waals surface area contributed by atoms with E-state index in [-0.39, 0.29) is 0 Å². The number of hydrogen-bond donors (Lipinski definition) is 0. The Hall–Kier alpha value is -2.66. The molecule has 3 aromatic rings. The van der Waals surface area contributed by atoms with E-state index in [1.54, 1.807) is 7.11 Å². The van der Waals surface area contributed by atoms with Gasteiger partial charge in [-0.3, -0.25) is 4.90 Å². The van der Waals surface area contributed by atoms with Crippen LogP contribution in [-0.4, -0.2) is 35.3 Å². The minimum Gasteiger partial charge on any atom is -0.496 e. The Balaban J connectivity index is 1.43. The van der Waals surface area contributed by atoms with E-state index < -0.39 is 0 Å². The van der Waals surface area contributed by atoms with Gasteiger partial charge in [0, 0.05) is 24.2 Å². The molecule has 0 saturated carbocycles. The van der Waals surface area contributed by atoms with Gasteiger partial charge < -0.3 is 9.15 Å². The molecule has 1 aliphatic rings. The lowest BCUT2D eigenvalue weighted by molar-refractivity contribution is 0.311. The van der Waals surface area contributed by atoms with E-state index in [4.69, 9.17) is 9.15 Å². The minimum atomic E-state index is 0.291. The van der Waals surface area contributed by atoms with Crippen LogP contribution in [0.15, 0.2) is 59.0 Å². The molecule has 5 heteroatoms. The molecular formula is C20H21N3O2. The Morgan fingerprint density at radius 3 is 2.72 bits per heavy atom. The predicted octanol–water partition coefficient (Wildman–Crippen LogP) is 3.73. The van der Waals surface area contributed by atoms with E-state index in [9.17, 15) is 0 Å². The molecule has 2 heterocycles. The maximum absolute atomic E-state index is 5.92. The van der Waals surface area contributed by atoms with E-state index in [1.807, 2.05) is 42.5 Å². The summed E-state index contributed by atoms with van der Waals surface area (Å²) in [5.74, 6) is 2.56. The zero-order valence-corrected chi connectivity index (χ0v) is 14.3. The van der Waals surface area contributed by atoms with Crippen molar-refractivity contribution in [2.24, 2.45) is 0 Å². The number of benzene rings is 2. The van der Waals surface area contributed by atoms with E-state index >= 15 is 0 Å². The number of likely N-dealkylation sites (tertiary alicyclic amines) is 1. The molecule has 2 aromatic carbocycles. The van der Waals surface area contributed by atoms with Gasteiger partial charge >= 0.3 is 0 Å². The largest absolute Gasteiger partial charge is 0.496 e. The van der Waals surface area contributed by atoms with Crippen LogP contribution >= 0.6 is 0 Å². The summed E-state index contributed by atoms with van der Waals surface area (Å²) in [4.78, 5) is 2.41. The van der Waals surface area contributed by atoms with Crippen molar-refractivity contribution in [3.8, 4) is 17.2 Å². The average Bonchev–Trinajstić information content (AvgIpc) is 3.32. The van der Waals surface area contributed by atoms with Gasteiger partial charge in [-0.05, 0) is 31.2 Å². The van der Waals surface area contributed by atoms with Crippen LogP contribution in [0.25, 0.3) is 11.5 Å². The molecule has 0 spiro atoms. The summed E-state index contributed by atoms with van der Waals surface area (Å²) in [5.41, 5.74) is 2.17. The summed E-state index contributed by atoms with van der Waals surface area (Å²) in [7, 11) is 1.72. The first-order valence-electron chi connectivity index (χ1n) is 8.56. The Labute approximate surface area is 147 Å². The number of aromatic nitrogens is 2. The lowest BCUT2D eigenvalue weighted by atomic mass is 10.1. The number of ether oxygens (including phenoxy) is 1. The molecule has 1 fully saturated rings. The molecular weight excluding hydrogens is 314 g/mol. The highest BCUT2D eigenvalue weighted by molar-refractivity contribution is 5.51. The SMILES string of the molecule is COc1ccccc1CN1CCC(c2nnc(-c3ccccc3)o2)C1. The maximum Gasteiger partial charge on any atom is 0.247 e. The lowest BCUT2D eigenvalue weighted by Crippen LogP contribution is -2.20. The van der Waals surface area contributed by atoms with E-state index in [0.717, 1.165) is 43.3 Å². The lowest BCUT2D eigenvalue weighted by Gasteiger charge is -2.17. The number of nitrogens with zero attached hydrogens (tertiary/aromatic N) is 3. The normalized spacial score (nSPS) is 17.7. The number of para-hydroxylation sites is 1. The first-order valence-corrected chi connectivity index (χ1v) is 8.56. The van der Waals surface area contributed by atoms with Gasteiger partial charge in [0.1, 0.15) is 5.75 Å². The highest BCUT2D eigenvalue weighted by Crippen LogP contribution is 2.30. The molecule has 0 N–H and O–H groups in total. The van der Waals surface area contributed by atoms with E-state index in [1.165, 1.54) is 5.56 Å². The summed E-state index contributed by atoms with van der Waals surface area (Å²) in [6, 6.07) is 18.1. The average molecular weight is 335 g/mol. The zero-order chi connectivity index (χ0) is 17.1. The van der Waals surface area contributed by atoms with Gasteiger partial charge in [0.25, 0.3) is 0 Å². The topological polar surface area (TPSA) is 51.4 Å². The Kier molecular flexibility index (Phi) is 4.48. The van der Waals surface area contributed by atoms with Crippen LogP contribution in [0.2, 0.25) is 0 Å². The van der Waals surface area contributed by atoms with Gasteiger partial charge in [0.05, 0.1) is 13.0 Å². The first-order chi connectivity index (χ1) is 12.3.